The first-order valence-corrected chi connectivity index (χ1v) is 6.90. The number of carbonyl (C=O) groups is 1. The molecule has 0 bridgehead atoms. The Labute approximate surface area is 123 Å². The molecule has 1 amide bonds. The molecule has 0 fully saturated rings. The Morgan fingerprint density at radius 2 is 2.19 bits per heavy atom. The van der Waals surface area contributed by atoms with Crippen LogP contribution in [0.3, 0.4) is 0 Å². The van der Waals surface area contributed by atoms with Crippen molar-refractivity contribution in [2.24, 2.45) is 0 Å². The zero-order valence-corrected chi connectivity index (χ0v) is 12.4. The molecule has 2 aromatic heterocycles. The van der Waals surface area contributed by atoms with Gasteiger partial charge in [-0.15, -0.1) is 10.2 Å². The van der Waals surface area contributed by atoms with E-state index in [-0.39, 0.29) is 11.9 Å². The minimum atomic E-state index is -0.123. The fourth-order valence-corrected chi connectivity index (χ4v) is 1.98. The van der Waals surface area contributed by atoms with E-state index in [1.165, 1.54) is 0 Å². The van der Waals surface area contributed by atoms with Crippen LogP contribution in [0, 0.1) is 0 Å². The Bertz CT molecular complexity index is 580. The van der Waals surface area contributed by atoms with Gasteiger partial charge in [-0.25, -0.2) is 0 Å². The average molecular weight is 289 g/mol. The number of carbonyl (C=O) groups excluding carboxylic acids is 1. The van der Waals surface area contributed by atoms with Crippen LogP contribution in [-0.2, 0) is 0 Å². The van der Waals surface area contributed by atoms with E-state index in [9.17, 15) is 4.79 Å². The summed E-state index contributed by atoms with van der Waals surface area (Å²) < 4.78 is 0. The maximum atomic E-state index is 12.3. The van der Waals surface area contributed by atoms with Crippen molar-refractivity contribution in [3.8, 4) is 0 Å². The molecule has 2 heterocycles. The van der Waals surface area contributed by atoms with Crippen molar-refractivity contribution in [3.63, 3.8) is 0 Å². The van der Waals surface area contributed by atoms with Crippen LogP contribution in [0.25, 0.3) is 0 Å². The average Bonchev–Trinajstić information content (AvgIpc) is 3.03. The second-order valence-electron chi connectivity index (χ2n) is 4.54. The van der Waals surface area contributed by atoms with Gasteiger partial charge in [-0.3, -0.25) is 9.78 Å². The summed E-state index contributed by atoms with van der Waals surface area (Å²) in [5.41, 5.74) is 1.21. The summed E-state index contributed by atoms with van der Waals surface area (Å²) in [4.78, 5) is 18.1. The van der Waals surface area contributed by atoms with Crippen molar-refractivity contribution in [1.29, 1.82) is 0 Å². The lowest BCUT2D eigenvalue weighted by Gasteiger charge is -2.18. The first kappa shape index (κ1) is 14.9. The van der Waals surface area contributed by atoms with Crippen LogP contribution in [0.4, 0.5) is 5.69 Å². The van der Waals surface area contributed by atoms with Gasteiger partial charge in [-0.2, -0.15) is 5.21 Å². The van der Waals surface area contributed by atoms with E-state index >= 15 is 0 Å². The lowest BCUT2D eigenvalue weighted by Crippen LogP contribution is -2.31. The highest BCUT2D eigenvalue weighted by Gasteiger charge is 2.15. The normalized spacial score (nSPS) is 12.0. The van der Waals surface area contributed by atoms with Crippen LogP contribution >= 0.6 is 0 Å². The fraction of sp³-hybridized carbons (Fsp3) is 0.462. The van der Waals surface area contributed by atoms with Crippen molar-refractivity contribution < 1.29 is 4.79 Å². The van der Waals surface area contributed by atoms with E-state index in [0.29, 0.717) is 24.6 Å². The molecule has 0 saturated carbocycles. The number of hydrogen-bond acceptors (Lipinski definition) is 6. The first-order valence-electron chi connectivity index (χ1n) is 6.90. The molecule has 8 heteroatoms. The lowest BCUT2D eigenvalue weighted by molar-refractivity contribution is 0.0767. The molecule has 0 aromatic carbocycles. The summed E-state index contributed by atoms with van der Waals surface area (Å²) >= 11 is 0. The van der Waals surface area contributed by atoms with E-state index in [4.69, 9.17) is 0 Å². The fourth-order valence-electron chi connectivity index (χ4n) is 1.98. The zero-order chi connectivity index (χ0) is 15.2. The number of hydrogen-bond donors (Lipinski definition) is 2. The quantitative estimate of drug-likeness (QED) is 0.830. The Morgan fingerprint density at radius 3 is 2.81 bits per heavy atom. The second kappa shape index (κ2) is 6.78. The van der Waals surface area contributed by atoms with Crippen LogP contribution in [0.15, 0.2) is 18.3 Å². The summed E-state index contributed by atoms with van der Waals surface area (Å²) in [5.74, 6) is 0.485. The number of tetrazole rings is 1. The van der Waals surface area contributed by atoms with Crippen LogP contribution in [0.2, 0.25) is 0 Å². The molecule has 1 atom stereocenters. The van der Waals surface area contributed by atoms with Gasteiger partial charge < -0.3 is 10.2 Å². The van der Waals surface area contributed by atoms with Crippen molar-refractivity contribution in [2.45, 2.75) is 26.8 Å². The van der Waals surface area contributed by atoms with Gasteiger partial charge in [0.25, 0.3) is 5.91 Å². The minimum absolute atomic E-state index is 0.0733. The molecular weight excluding hydrogens is 270 g/mol. The highest BCUT2D eigenvalue weighted by molar-refractivity contribution is 5.93. The maximum Gasteiger partial charge on any atom is 0.272 e. The van der Waals surface area contributed by atoms with Crippen LogP contribution in [0.5, 0.6) is 0 Å². The van der Waals surface area contributed by atoms with Gasteiger partial charge in [0.05, 0.1) is 6.04 Å². The smallest absolute Gasteiger partial charge is 0.272 e. The van der Waals surface area contributed by atoms with E-state index in [1.807, 2.05) is 20.8 Å². The predicted octanol–water partition coefficient (Wildman–Crippen LogP) is 1.25. The number of rotatable bonds is 6. The molecule has 0 spiro atoms. The molecule has 0 aliphatic carbocycles. The highest BCUT2D eigenvalue weighted by Crippen LogP contribution is 2.16. The largest absolute Gasteiger partial charge is 0.375 e. The van der Waals surface area contributed by atoms with Crippen LogP contribution in [-0.4, -0.2) is 49.5 Å². The number of aromatic nitrogens is 5. The molecule has 2 N–H and O–H groups in total. The highest BCUT2D eigenvalue weighted by atomic mass is 16.2. The van der Waals surface area contributed by atoms with Crippen molar-refractivity contribution >= 4 is 11.6 Å². The van der Waals surface area contributed by atoms with Gasteiger partial charge in [0.2, 0.25) is 0 Å². The van der Waals surface area contributed by atoms with Crippen molar-refractivity contribution in [2.75, 3.05) is 18.4 Å². The van der Waals surface area contributed by atoms with E-state index < -0.39 is 0 Å². The molecule has 0 aliphatic heterocycles. The van der Waals surface area contributed by atoms with Crippen LogP contribution < -0.4 is 5.32 Å². The summed E-state index contributed by atoms with van der Waals surface area (Å²) in [6.07, 6.45) is 1.61. The van der Waals surface area contributed by atoms with Gasteiger partial charge in [-0.1, -0.05) is 5.21 Å². The Hall–Kier alpha value is -2.51. The first-order chi connectivity index (χ1) is 10.2. The number of nitrogens with one attached hydrogen (secondary N) is 2. The molecule has 1 unspecified atom stereocenters. The summed E-state index contributed by atoms with van der Waals surface area (Å²) in [7, 11) is 0. The standard InChI is InChI=1S/C13H19N7O/c1-4-20(5-2)13(21)11-8-10(6-7-14-11)15-9(3)12-16-18-19-17-12/h6-9H,4-5H2,1-3H3,(H,14,15)(H,16,17,18,19). The SMILES string of the molecule is CCN(CC)C(=O)c1cc(NC(C)c2nn[nH]n2)ccn1. The summed E-state index contributed by atoms with van der Waals surface area (Å²) in [6.45, 7) is 7.13. The molecule has 2 rings (SSSR count). The maximum absolute atomic E-state index is 12.3. The Balaban J connectivity index is 2.12. The number of pyridine rings is 1. The zero-order valence-electron chi connectivity index (χ0n) is 12.4. The number of aromatic amines is 1. The monoisotopic (exact) mass is 289 g/mol. The summed E-state index contributed by atoms with van der Waals surface area (Å²) in [6, 6.07) is 3.41. The van der Waals surface area contributed by atoms with E-state index in [0.717, 1.165) is 5.69 Å². The second-order valence-corrected chi connectivity index (χ2v) is 4.54. The van der Waals surface area contributed by atoms with Crippen LogP contribution in [0.1, 0.15) is 43.1 Å². The van der Waals surface area contributed by atoms with Gasteiger partial charge in [0, 0.05) is 25.0 Å². The molecule has 0 radical (unpaired) electrons. The number of nitrogens with zero attached hydrogens (tertiary/aromatic N) is 5. The third kappa shape index (κ3) is 3.53. The molecule has 21 heavy (non-hydrogen) atoms. The topological polar surface area (TPSA) is 99.7 Å². The number of H-pyrrole nitrogens is 1. The number of amides is 1. The lowest BCUT2D eigenvalue weighted by atomic mass is 10.2. The van der Waals surface area contributed by atoms with Crippen molar-refractivity contribution in [3.05, 3.63) is 29.8 Å². The third-order valence-electron chi connectivity index (χ3n) is 3.16. The van der Waals surface area contributed by atoms with Crippen molar-refractivity contribution in [1.82, 2.24) is 30.5 Å². The third-order valence-corrected chi connectivity index (χ3v) is 3.16. The molecule has 8 nitrogen and oxygen atoms in total. The Morgan fingerprint density at radius 1 is 1.43 bits per heavy atom. The van der Waals surface area contributed by atoms with Gasteiger partial charge in [-0.05, 0) is 32.9 Å². The molecular formula is C13H19N7O. The van der Waals surface area contributed by atoms with Gasteiger partial charge in [0.15, 0.2) is 5.82 Å². The predicted molar refractivity (Wildman–Crippen MR) is 77.7 cm³/mol. The minimum Gasteiger partial charge on any atom is -0.375 e. The van der Waals surface area contributed by atoms with Gasteiger partial charge >= 0.3 is 0 Å². The molecule has 2 aromatic rings. The number of anilines is 1. The van der Waals surface area contributed by atoms with E-state index in [1.54, 1.807) is 23.2 Å². The summed E-state index contributed by atoms with van der Waals surface area (Å²) in [5, 5.41) is 17.0. The molecule has 0 aliphatic rings. The molecule has 0 saturated heterocycles. The molecule has 112 valence electrons. The van der Waals surface area contributed by atoms with E-state index in [2.05, 4.69) is 30.9 Å². The Kier molecular flexibility index (Phi) is 4.81. The van der Waals surface area contributed by atoms with Gasteiger partial charge in [0.1, 0.15) is 5.69 Å².